The van der Waals surface area contributed by atoms with E-state index in [1.807, 2.05) is 42.5 Å². The number of ether oxygens (including phenoxy) is 1. The monoisotopic (exact) mass is 276 g/mol. The second-order valence-electron chi connectivity index (χ2n) is 4.47. The van der Waals surface area contributed by atoms with Gasteiger partial charge in [-0.15, -0.1) is 0 Å². The molecule has 2 aromatic carbocycles. The van der Waals surface area contributed by atoms with Crippen molar-refractivity contribution in [3.63, 3.8) is 0 Å². The molecule has 0 atom stereocenters. The Balaban J connectivity index is 2.06. The average Bonchev–Trinajstić information content (AvgIpc) is 2.53. The molecule has 0 N–H and O–H groups in total. The highest BCUT2D eigenvalue weighted by atomic mass is 16.5. The minimum absolute atomic E-state index is 0.344. The Hall–Kier alpha value is -2.99. The summed E-state index contributed by atoms with van der Waals surface area (Å²) < 4.78 is 10.4. The van der Waals surface area contributed by atoms with Crippen molar-refractivity contribution in [2.75, 3.05) is 7.11 Å². The second kappa shape index (κ2) is 5.56. The zero-order valence-corrected chi connectivity index (χ0v) is 11.4. The third kappa shape index (κ3) is 2.80. The van der Waals surface area contributed by atoms with Crippen molar-refractivity contribution in [2.45, 2.75) is 0 Å². The highest BCUT2D eigenvalue weighted by Crippen LogP contribution is 2.19. The molecular weight excluding hydrogens is 264 g/mol. The van der Waals surface area contributed by atoms with Gasteiger partial charge in [-0.25, -0.2) is 4.79 Å². The molecule has 0 aliphatic heterocycles. The lowest BCUT2D eigenvalue weighted by Crippen LogP contribution is -2.03. The molecule has 0 unspecified atom stereocenters. The molecule has 1 heterocycles. The molecule has 3 heteroatoms. The molecule has 0 radical (unpaired) electrons. The Morgan fingerprint density at radius 2 is 1.81 bits per heavy atom. The van der Waals surface area contributed by atoms with Gasteiger partial charge < -0.3 is 9.15 Å². The van der Waals surface area contributed by atoms with Crippen LogP contribution in [0.3, 0.4) is 0 Å². The van der Waals surface area contributed by atoms with Gasteiger partial charge in [0.2, 0.25) is 0 Å². The van der Waals surface area contributed by atoms with Gasteiger partial charge in [0.1, 0.15) is 16.9 Å². The second-order valence-corrected chi connectivity index (χ2v) is 4.47. The Morgan fingerprint density at radius 3 is 2.57 bits per heavy atom. The van der Waals surface area contributed by atoms with Gasteiger partial charge in [-0.1, -0.05) is 30.0 Å². The van der Waals surface area contributed by atoms with Gasteiger partial charge >= 0.3 is 5.63 Å². The van der Waals surface area contributed by atoms with E-state index in [2.05, 4.69) is 11.8 Å². The predicted molar refractivity (Wildman–Crippen MR) is 81.5 cm³/mol. The molecular formula is C18H12O3. The molecule has 102 valence electrons. The summed E-state index contributed by atoms with van der Waals surface area (Å²) in [6.45, 7) is 0. The quantitative estimate of drug-likeness (QED) is 0.506. The fourth-order valence-electron chi connectivity index (χ4n) is 1.97. The molecule has 0 amide bonds. The molecule has 1 aromatic heterocycles. The molecule has 0 aliphatic carbocycles. The van der Waals surface area contributed by atoms with Crippen LogP contribution in [-0.2, 0) is 0 Å². The number of fused-ring (bicyclic) bond motifs is 1. The van der Waals surface area contributed by atoms with E-state index in [-0.39, 0.29) is 0 Å². The standard InChI is InChI=1S/C18H12O3/c1-20-16-10-9-14-11-15(18(19)21-17(14)12-16)8-7-13-5-3-2-4-6-13/h2-6,9-12H,1H3. The van der Waals surface area contributed by atoms with E-state index in [9.17, 15) is 4.79 Å². The van der Waals surface area contributed by atoms with Crippen LogP contribution in [0.25, 0.3) is 11.0 Å². The Labute approximate surface area is 121 Å². The molecule has 0 saturated heterocycles. The van der Waals surface area contributed by atoms with Gasteiger partial charge in [-0.3, -0.25) is 0 Å². The summed E-state index contributed by atoms with van der Waals surface area (Å²) in [5.74, 6) is 6.46. The van der Waals surface area contributed by atoms with Gasteiger partial charge in [0, 0.05) is 17.0 Å². The molecule has 21 heavy (non-hydrogen) atoms. The molecule has 0 aliphatic rings. The van der Waals surface area contributed by atoms with E-state index in [4.69, 9.17) is 9.15 Å². The molecule has 3 aromatic rings. The predicted octanol–water partition coefficient (Wildman–Crippen LogP) is 3.20. The molecule has 0 spiro atoms. The summed E-state index contributed by atoms with van der Waals surface area (Å²) in [4.78, 5) is 11.9. The fraction of sp³-hybridized carbons (Fsp3) is 0.0556. The molecule has 0 saturated carbocycles. The van der Waals surface area contributed by atoms with Crippen molar-refractivity contribution in [3.8, 4) is 17.6 Å². The van der Waals surface area contributed by atoms with Gasteiger partial charge in [-0.05, 0) is 30.3 Å². The summed E-state index contributed by atoms with van der Waals surface area (Å²) in [5.41, 5.74) is 1.24. The number of benzene rings is 2. The Morgan fingerprint density at radius 1 is 1.00 bits per heavy atom. The first kappa shape index (κ1) is 13.0. The zero-order valence-electron chi connectivity index (χ0n) is 11.4. The van der Waals surface area contributed by atoms with Crippen LogP contribution in [0.1, 0.15) is 11.1 Å². The maximum absolute atomic E-state index is 11.9. The lowest BCUT2D eigenvalue weighted by Gasteiger charge is -2.01. The van der Waals surface area contributed by atoms with Crippen molar-refractivity contribution in [2.24, 2.45) is 0 Å². The van der Waals surface area contributed by atoms with E-state index < -0.39 is 5.63 Å². The lowest BCUT2D eigenvalue weighted by molar-refractivity contribution is 0.414. The maximum Gasteiger partial charge on any atom is 0.352 e. The Bertz CT molecular complexity index is 896. The van der Waals surface area contributed by atoms with Crippen LogP contribution in [0.15, 0.2) is 63.8 Å². The Kier molecular flexibility index (Phi) is 3.44. The normalized spacial score (nSPS) is 9.95. The van der Waals surface area contributed by atoms with E-state index >= 15 is 0 Å². The van der Waals surface area contributed by atoms with E-state index in [0.29, 0.717) is 16.9 Å². The van der Waals surface area contributed by atoms with Crippen LogP contribution in [0.4, 0.5) is 0 Å². The van der Waals surface area contributed by atoms with E-state index in [1.54, 1.807) is 19.2 Å². The minimum Gasteiger partial charge on any atom is -0.497 e. The van der Waals surface area contributed by atoms with Crippen molar-refractivity contribution in [3.05, 3.63) is 76.1 Å². The van der Waals surface area contributed by atoms with Gasteiger partial charge in [0.05, 0.1) is 7.11 Å². The first-order valence-corrected chi connectivity index (χ1v) is 6.45. The maximum atomic E-state index is 11.9. The first-order chi connectivity index (χ1) is 10.3. The molecule has 3 nitrogen and oxygen atoms in total. The van der Waals surface area contributed by atoms with Crippen LogP contribution in [0, 0.1) is 11.8 Å². The smallest absolute Gasteiger partial charge is 0.352 e. The number of methoxy groups -OCH3 is 1. The summed E-state index contributed by atoms with van der Waals surface area (Å²) >= 11 is 0. The largest absolute Gasteiger partial charge is 0.497 e. The summed E-state index contributed by atoms with van der Waals surface area (Å²) in [7, 11) is 1.57. The molecule has 0 fully saturated rings. The van der Waals surface area contributed by atoms with Gasteiger partial charge in [0.15, 0.2) is 0 Å². The third-order valence-electron chi connectivity index (χ3n) is 3.06. The van der Waals surface area contributed by atoms with Crippen LogP contribution in [-0.4, -0.2) is 7.11 Å². The van der Waals surface area contributed by atoms with Crippen LogP contribution >= 0.6 is 0 Å². The third-order valence-corrected chi connectivity index (χ3v) is 3.06. The SMILES string of the molecule is COc1ccc2cc(C#Cc3ccccc3)c(=O)oc2c1. The van der Waals surface area contributed by atoms with Crippen molar-refractivity contribution in [1.82, 2.24) is 0 Å². The van der Waals surface area contributed by atoms with Crippen molar-refractivity contribution in [1.29, 1.82) is 0 Å². The summed E-state index contributed by atoms with van der Waals surface area (Å²) in [5, 5.41) is 0.813. The summed E-state index contributed by atoms with van der Waals surface area (Å²) in [6, 6.07) is 16.6. The fourth-order valence-corrected chi connectivity index (χ4v) is 1.97. The van der Waals surface area contributed by atoms with Crippen molar-refractivity contribution < 1.29 is 9.15 Å². The number of hydrogen-bond acceptors (Lipinski definition) is 3. The van der Waals surface area contributed by atoms with Gasteiger partial charge in [0.25, 0.3) is 0 Å². The minimum atomic E-state index is -0.445. The topological polar surface area (TPSA) is 39.4 Å². The van der Waals surface area contributed by atoms with Crippen LogP contribution in [0.2, 0.25) is 0 Å². The van der Waals surface area contributed by atoms with E-state index in [0.717, 1.165) is 10.9 Å². The zero-order chi connectivity index (χ0) is 14.7. The number of hydrogen-bond donors (Lipinski definition) is 0. The number of rotatable bonds is 1. The average molecular weight is 276 g/mol. The highest BCUT2D eigenvalue weighted by Gasteiger charge is 2.04. The van der Waals surface area contributed by atoms with E-state index in [1.165, 1.54) is 0 Å². The van der Waals surface area contributed by atoms with Crippen LogP contribution in [0.5, 0.6) is 5.75 Å². The summed E-state index contributed by atoms with van der Waals surface area (Å²) in [6.07, 6.45) is 0. The first-order valence-electron chi connectivity index (χ1n) is 6.45. The highest BCUT2D eigenvalue weighted by molar-refractivity contribution is 5.79. The lowest BCUT2D eigenvalue weighted by atomic mass is 10.1. The molecule has 0 bridgehead atoms. The van der Waals surface area contributed by atoms with Gasteiger partial charge in [-0.2, -0.15) is 0 Å². The molecule has 3 rings (SSSR count). The van der Waals surface area contributed by atoms with Crippen LogP contribution < -0.4 is 10.4 Å². The van der Waals surface area contributed by atoms with Crippen molar-refractivity contribution >= 4 is 11.0 Å².